The van der Waals surface area contributed by atoms with Crippen molar-refractivity contribution in [3.05, 3.63) is 66.2 Å². The third kappa shape index (κ3) is 4.72. The highest BCUT2D eigenvalue weighted by molar-refractivity contribution is 6.04. The molecule has 1 saturated heterocycles. The number of hydrogen-bond acceptors (Lipinski definition) is 7. The number of carbonyl (C=O) groups is 1. The number of amides is 2. The molecule has 5 rings (SSSR count). The van der Waals surface area contributed by atoms with Gasteiger partial charge in [-0.05, 0) is 43.3 Å². The van der Waals surface area contributed by atoms with E-state index in [2.05, 4.69) is 10.2 Å². The maximum Gasteiger partial charge on any atom is 0.322 e. The van der Waals surface area contributed by atoms with E-state index in [-0.39, 0.29) is 12.1 Å². The summed E-state index contributed by atoms with van der Waals surface area (Å²) in [6, 6.07) is 18.5. The summed E-state index contributed by atoms with van der Waals surface area (Å²) in [7, 11) is 4.78. The number of rotatable bonds is 4. The number of nitrogens with zero attached hydrogens (tertiary/aromatic N) is 3. The van der Waals surface area contributed by atoms with Gasteiger partial charge in [0.1, 0.15) is 23.0 Å². The highest BCUT2D eigenvalue weighted by Crippen LogP contribution is 2.43. The monoisotopic (exact) mass is 502 g/mol. The van der Waals surface area contributed by atoms with Crippen LogP contribution in [-0.2, 0) is 0 Å². The number of amidine groups is 1. The van der Waals surface area contributed by atoms with Crippen molar-refractivity contribution in [2.24, 2.45) is 4.99 Å². The Morgan fingerprint density at radius 2 is 1.78 bits per heavy atom. The number of hydrogen-bond donors (Lipinski definition) is 1. The van der Waals surface area contributed by atoms with Crippen LogP contribution in [0, 0.1) is 0 Å². The quantitative estimate of drug-likeness (QED) is 0.532. The van der Waals surface area contributed by atoms with E-state index >= 15 is 0 Å². The zero-order chi connectivity index (χ0) is 25.9. The highest BCUT2D eigenvalue weighted by Gasteiger charge is 2.32. The second-order valence-electron chi connectivity index (χ2n) is 8.83. The normalized spacial score (nSPS) is 16.4. The van der Waals surface area contributed by atoms with E-state index in [1.54, 1.807) is 39.5 Å². The molecule has 9 heteroatoms. The number of urea groups is 1. The molecule has 1 fully saturated rings. The van der Waals surface area contributed by atoms with Gasteiger partial charge in [0.15, 0.2) is 17.2 Å². The van der Waals surface area contributed by atoms with E-state index in [1.807, 2.05) is 54.3 Å². The standard InChI is InChI=1S/C28H30N4O5/c1-18-17-31(14-15-32(18)28(33)30-22-13-12-19(34-2)16-25(22)36-4)27-20-8-7-11-24(35-3)26(20)37-23-10-6-5-9-21(23)29-27/h5-13,16,18H,14-15,17H2,1-4H3,(H,30,33). The first-order chi connectivity index (χ1) is 18.0. The third-order valence-electron chi connectivity index (χ3n) is 6.58. The Hall–Kier alpha value is -4.40. The van der Waals surface area contributed by atoms with Gasteiger partial charge in [-0.3, -0.25) is 0 Å². The smallest absolute Gasteiger partial charge is 0.322 e. The molecule has 37 heavy (non-hydrogen) atoms. The molecule has 0 saturated carbocycles. The molecule has 0 aliphatic carbocycles. The molecule has 9 nitrogen and oxygen atoms in total. The summed E-state index contributed by atoms with van der Waals surface area (Å²) in [6.45, 7) is 3.76. The van der Waals surface area contributed by atoms with E-state index < -0.39 is 0 Å². The van der Waals surface area contributed by atoms with Crippen LogP contribution in [0.3, 0.4) is 0 Å². The predicted octanol–water partition coefficient (Wildman–Crippen LogP) is 5.13. The van der Waals surface area contributed by atoms with Crippen molar-refractivity contribution < 1.29 is 23.7 Å². The van der Waals surface area contributed by atoms with Crippen molar-refractivity contribution in [3.8, 4) is 28.7 Å². The molecule has 3 aromatic carbocycles. The minimum Gasteiger partial charge on any atom is -0.497 e. The largest absolute Gasteiger partial charge is 0.497 e. The van der Waals surface area contributed by atoms with Crippen LogP contribution < -0.4 is 24.3 Å². The molecule has 0 aromatic heterocycles. The van der Waals surface area contributed by atoms with Gasteiger partial charge in [0.05, 0.1) is 32.6 Å². The summed E-state index contributed by atoms with van der Waals surface area (Å²) >= 11 is 0. The summed E-state index contributed by atoms with van der Waals surface area (Å²) in [5.74, 6) is 3.93. The number of para-hydroxylation sites is 3. The number of ether oxygens (including phenoxy) is 4. The Bertz CT molecular complexity index is 1340. The van der Waals surface area contributed by atoms with Gasteiger partial charge in [0.25, 0.3) is 0 Å². The number of aliphatic imine (C=N–C) groups is 1. The van der Waals surface area contributed by atoms with Gasteiger partial charge < -0.3 is 34.1 Å². The number of methoxy groups -OCH3 is 3. The van der Waals surface area contributed by atoms with Gasteiger partial charge in [-0.2, -0.15) is 0 Å². The number of benzene rings is 3. The molecular weight excluding hydrogens is 472 g/mol. The lowest BCUT2D eigenvalue weighted by atomic mass is 10.1. The van der Waals surface area contributed by atoms with Crippen LogP contribution in [0.15, 0.2) is 65.7 Å². The van der Waals surface area contributed by atoms with Crippen molar-refractivity contribution in [1.29, 1.82) is 0 Å². The van der Waals surface area contributed by atoms with Crippen LogP contribution in [0.5, 0.6) is 28.7 Å². The first kappa shape index (κ1) is 24.3. The molecule has 3 aromatic rings. The number of fused-ring (bicyclic) bond motifs is 2. The Labute approximate surface area is 216 Å². The molecule has 0 spiro atoms. The summed E-state index contributed by atoms with van der Waals surface area (Å²) in [4.78, 5) is 22.3. The second-order valence-corrected chi connectivity index (χ2v) is 8.83. The molecule has 192 valence electrons. The zero-order valence-electron chi connectivity index (χ0n) is 21.4. The fraction of sp³-hybridized carbons (Fsp3) is 0.286. The Balaban J connectivity index is 1.39. The maximum absolute atomic E-state index is 13.2. The van der Waals surface area contributed by atoms with Gasteiger partial charge in [-0.15, -0.1) is 0 Å². The van der Waals surface area contributed by atoms with Gasteiger partial charge in [-0.25, -0.2) is 9.79 Å². The number of carbonyl (C=O) groups excluding carboxylic acids is 1. The lowest BCUT2D eigenvalue weighted by Gasteiger charge is -2.41. The topological polar surface area (TPSA) is 84.9 Å². The van der Waals surface area contributed by atoms with E-state index in [1.165, 1.54) is 0 Å². The molecule has 1 N–H and O–H groups in total. The van der Waals surface area contributed by atoms with Crippen molar-refractivity contribution in [2.45, 2.75) is 13.0 Å². The molecule has 2 aliphatic rings. The van der Waals surface area contributed by atoms with Crippen LogP contribution in [-0.4, -0.2) is 68.7 Å². The number of nitrogens with one attached hydrogen (secondary N) is 1. The van der Waals surface area contributed by atoms with Crippen LogP contribution in [0.4, 0.5) is 16.2 Å². The van der Waals surface area contributed by atoms with Gasteiger partial charge in [-0.1, -0.05) is 18.2 Å². The molecular formula is C28H30N4O5. The highest BCUT2D eigenvalue weighted by atomic mass is 16.5. The molecule has 1 atom stereocenters. The lowest BCUT2D eigenvalue weighted by molar-refractivity contribution is 0.144. The Kier molecular flexibility index (Phi) is 6.76. The lowest BCUT2D eigenvalue weighted by Crippen LogP contribution is -2.56. The third-order valence-corrected chi connectivity index (χ3v) is 6.58. The molecule has 1 unspecified atom stereocenters. The summed E-state index contributed by atoms with van der Waals surface area (Å²) in [5, 5.41) is 2.98. The van der Waals surface area contributed by atoms with Crippen molar-refractivity contribution in [2.75, 3.05) is 46.3 Å². The van der Waals surface area contributed by atoms with Crippen molar-refractivity contribution in [3.63, 3.8) is 0 Å². The second kappa shape index (κ2) is 10.3. The molecule has 2 amide bonds. The van der Waals surface area contributed by atoms with E-state index in [0.717, 1.165) is 17.1 Å². The van der Waals surface area contributed by atoms with Crippen molar-refractivity contribution >= 4 is 23.2 Å². The average Bonchev–Trinajstić information content (AvgIpc) is 3.10. The predicted molar refractivity (Wildman–Crippen MR) is 142 cm³/mol. The van der Waals surface area contributed by atoms with Gasteiger partial charge in [0, 0.05) is 31.7 Å². The average molecular weight is 503 g/mol. The first-order valence-corrected chi connectivity index (χ1v) is 12.1. The summed E-state index contributed by atoms with van der Waals surface area (Å²) < 4.78 is 22.6. The van der Waals surface area contributed by atoms with E-state index in [0.29, 0.717) is 54.1 Å². The fourth-order valence-corrected chi connectivity index (χ4v) is 4.66. The SMILES string of the molecule is COc1ccc(NC(=O)N2CCN(C3=Nc4ccccc4Oc4c(OC)cccc43)CC2C)c(OC)c1. The molecule has 0 radical (unpaired) electrons. The van der Waals surface area contributed by atoms with Crippen LogP contribution in [0.1, 0.15) is 12.5 Å². The zero-order valence-corrected chi connectivity index (χ0v) is 21.4. The van der Waals surface area contributed by atoms with Crippen LogP contribution in [0.25, 0.3) is 0 Å². The molecule has 0 bridgehead atoms. The van der Waals surface area contributed by atoms with Crippen LogP contribution in [0.2, 0.25) is 0 Å². The minimum absolute atomic E-state index is 0.0748. The Morgan fingerprint density at radius 3 is 2.54 bits per heavy atom. The number of piperazine rings is 1. The first-order valence-electron chi connectivity index (χ1n) is 12.1. The van der Waals surface area contributed by atoms with Gasteiger partial charge >= 0.3 is 6.03 Å². The van der Waals surface area contributed by atoms with Crippen LogP contribution >= 0.6 is 0 Å². The maximum atomic E-state index is 13.2. The Morgan fingerprint density at radius 1 is 0.973 bits per heavy atom. The van der Waals surface area contributed by atoms with Crippen molar-refractivity contribution in [1.82, 2.24) is 9.80 Å². The number of anilines is 1. The summed E-state index contributed by atoms with van der Waals surface area (Å²) in [5.41, 5.74) is 2.18. The minimum atomic E-state index is -0.186. The van der Waals surface area contributed by atoms with Gasteiger partial charge in [0.2, 0.25) is 0 Å². The summed E-state index contributed by atoms with van der Waals surface area (Å²) in [6.07, 6.45) is 0. The molecule has 2 heterocycles. The fourth-order valence-electron chi connectivity index (χ4n) is 4.66. The van der Waals surface area contributed by atoms with E-state index in [4.69, 9.17) is 23.9 Å². The molecule has 2 aliphatic heterocycles. The van der Waals surface area contributed by atoms with E-state index in [9.17, 15) is 4.79 Å².